The quantitative estimate of drug-likeness (QED) is 0.829. The van der Waals surface area contributed by atoms with Crippen LogP contribution in [0.3, 0.4) is 0 Å². The largest absolute Gasteiger partial charge is 0.311 e. The molecule has 18 heavy (non-hydrogen) atoms. The van der Waals surface area contributed by atoms with Gasteiger partial charge in [0.2, 0.25) is 0 Å². The molecule has 0 bridgehead atoms. The zero-order valence-electron chi connectivity index (χ0n) is 12.7. The Hall–Kier alpha value is -0.120. The average Bonchev–Trinajstić information content (AvgIpc) is 2.35. The molecule has 0 radical (unpaired) electrons. The summed E-state index contributed by atoms with van der Waals surface area (Å²) in [6.45, 7) is 10.8. The number of rotatable bonds is 3. The molecule has 2 aliphatic rings. The van der Waals surface area contributed by atoms with Gasteiger partial charge in [-0.1, -0.05) is 13.3 Å². The molecule has 0 amide bonds. The highest BCUT2D eigenvalue weighted by Crippen LogP contribution is 2.24. The van der Waals surface area contributed by atoms with Gasteiger partial charge in [0.1, 0.15) is 0 Å². The van der Waals surface area contributed by atoms with Gasteiger partial charge in [-0.05, 0) is 46.7 Å². The van der Waals surface area contributed by atoms with Gasteiger partial charge in [-0.25, -0.2) is 0 Å². The van der Waals surface area contributed by atoms with Crippen molar-refractivity contribution in [1.82, 2.24) is 15.1 Å². The summed E-state index contributed by atoms with van der Waals surface area (Å²) < 4.78 is 0. The van der Waals surface area contributed by atoms with Crippen LogP contribution < -0.4 is 5.32 Å². The standard InChI is InChI=1S/C15H31N3/c1-5-6-14-11-18(13(3)10-16-14)15-7-8-17(4)12(2)9-15/h12-16H,5-11H2,1-4H3. The van der Waals surface area contributed by atoms with Gasteiger partial charge in [-0.15, -0.1) is 0 Å². The summed E-state index contributed by atoms with van der Waals surface area (Å²) in [7, 11) is 2.27. The van der Waals surface area contributed by atoms with E-state index in [2.05, 4.69) is 42.9 Å². The van der Waals surface area contributed by atoms with Crippen LogP contribution in [0.2, 0.25) is 0 Å². The second-order valence-electron chi connectivity index (χ2n) is 6.45. The van der Waals surface area contributed by atoms with Crippen LogP contribution in [-0.4, -0.2) is 60.6 Å². The summed E-state index contributed by atoms with van der Waals surface area (Å²) in [4.78, 5) is 5.30. The lowest BCUT2D eigenvalue weighted by Crippen LogP contribution is -2.60. The van der Waals surface area contributed by atoms with Crippen LogP contribution in [0.1, 0.15) is 46.5 Å². The molecular formula is C15H31N3. The smallest absolute Gasteiger partial charge is 0.0196 e. The van der Waals surface area contributed by atoms with E-state index >= 15 is 0 Å². The zero-order valence-corrected chi connectivity index (χ0v) is 12.7. The molecule has 0 saturated carbocycles. The van der Waals surface area contributed by atoms with Gasteiger partial charge in [0.15, 0.2) is 0 Å². The predicted molar refractivity (Wildman–Crippen MR) is 78.0 cm³/mol. The number of nitrogens with one attached hydrogen (secondary N) is 1. The monoisotopic (exact) mass is 253 g/mol. The lowest BCUT2D eigenvalue weighted by atomic mass is 9.94. The van der Waals surface area contributed by atoms with Gasteiger partial charge >= 0.3 is 0 Å². The fraction of sp³-hybridized carbons (Fsp3) is 1.00. The molecule has 0 aromatic heterocycles. The minimum Gasteiger partial charge on any atom is -0.311 e. The molecule has 4 unspecified atom stereocenters. The molecule has 2 rings (SSSR count). The van der Waals surface area contributed by atoms with E-state index in [-0.39, 0.29) is 0 Å². The van der Waals surface area contributed by atoms with Crippen molar-refractivity contribution >= 4 is 0 Å². The van der Waals surface area contributed by atoms with Crippen LogP contribution in [0.4, 0.5) is 0 Å². The third kappa shape index (κ3) is 3.25. The SMILES string of the molecule is CCCC1CN(C2CCN(C)C(C)C2)C(C)CN1. The molecule has 2 heterocycles. The van der Waals surface area contributed by atoms with Gasteiger partial charge < -0.3 is 10.2 Å². The molecule has 2 saturated heterocycles. The molecule has 0 aromatic rings. The highest BCUT2D eigenvalue weighted by Gasteiger charge is 2.33. The van der Waals surface area contributed by atoms with Crippen molar-refractivity contribution in [1.29, 1.82) is 0 Å². The molecule has 106 valence electrons. The van der Waals surface area contributed by atoms with Gasteiger partial charge in [-0.3, -0.25) is 4.90 Å². The van der Waals surface area contributed by atoms with E-state index in [9.17, 15) is 0 Å². The van der Waals surface area contributed by atoms with Gasteiger partial charge in [0.05, 0.1) is 0 Å². The molecule has 2 fully saturated rings. The third-order valence-electron chi connectivity index (χ3n) is 4.99. The highest BCUT2D eigenvalue weighted by molar-refractivity contribution is 4.91. The number of hydrogen-bond donors (Lipinski definition) is 1. The Labute approximate surface area is 113 Å². The third-order valence-corrected chi connectivity index (χ3v) is 4.99. The lowest BCUT2D eigenvalue weighted by Gasteiger charge is -2.47. The first kappa shape index (κ1) is 14.3. The summed E-state index contributed by atoms with van der Waals surface area (Å²) >= 11 is 0. The van der Waals surface area contributed by atoms with Crippen LogP contribution in [0.25, 0.3) is 0 Å². The van der Waals surface area contributed by atoms with Crippen LogP contribution in [0.5, 0.6) is 0 Å². The van der Waals surface area contributed by atoms with Crippen LogP contribution in [0.15, 0.2) is 0 Å². The minimum atomic E-state index is 0.707. The number of piperidine rings is 1. The Kier molecular flexibility index (Phi) is 5.05. The topological polar surface area (TPSA) is 18.5 Å². The molecule has 0 aromatic carbocycles. The van der Waals surface area contributed by atoms with Crippen molar-refractivity contribution in [3.8, 4) is 0 Å². The van der Waals surface area contributed by atoms with E-state index in [0.29, 0.717) is 6.04 Å². The number of likely N-dealkylation sites (tertiary alicyclic amines) is 1. The molecular weight excluding hydrogens is 222 g/mol. The van der Waals surface area contributed by atoms with Gasteiger partial charge in [0, 0.05) is 37.3 Å². The molecule has 0 spiro atoms. The summed E-state index contributed by atoms with van der Waals surface area (Å²) in [6, 6.07) is 2.99. The van der Waals surface area contributed by atoms with Crippen molar-refractivity contribution in [3.05, 3.63) is 0 Å². The van der Waals surface area contributed by atoms with Crippen molar-refractivity contribution in [2.45, 2.75) is 70.6 Å². The average molecular weight is 253 g/mol. The molecule has 4 atom stereocenters. The predicted octanol–water partition coefficient (Wildman–Crippen LogP) is 1.93. The van der Waals surface area contributed by atoms with E-state index in [1.54, 1.807) is 0 Å². The zero-order chi connectivity index (χ0) is 13.1. The maximum absolute atomic E-state index is 3.71. The Morgan fingerprint density at radius 2 is 2.00 bits per heavy atom. The van der Waals surface area contributed by atoms with Crippen LogP contribution in [-0.2, 0) is 0 Å². The Balaban J connectivity index is 1.93. The fourth-order valence-electron chi connectivity index (χ4n) is 3.57. The normalized spacial score (nSPS) is 40.0. The summed E-state index contributed by atoms with van der Waals surface area (Å²) in [6.07, 6.45) is 5.32. The first-order valence-electron chi connectivity index (χ1n) is 7.81. The fourth-order valence-corrected chi connectivity index (χ4v) is 3.57. The Morgan fingerprint density at radius 1 is 1.22 bits per heavy atom. The maximum Gasteiger partial charge on any atom is 0.0196 e. The lowest BCUT2D eigenvalue weighted by molar-refractivity contribution is 0.0354. The number of nitrogens with zero attached hydrogens (tertiary/aromatic N) is 2. The van der Waals surface area contributed by atoms with Crippen molar-refractivity contribution in [2.75, 3.05) is 26.7 Å². The van der Waals surface area contributed by atoms with E-state index in [1.807, 2.05) is 0 Å². The van der Waals surface area contributed by atoms with Crippen LogP contribution >= 0.6 is 0 Å². The highest BCUT2D eigenvalue weighted by atomic mass is 15.3. The van der Waals surface area contributed by atoms with Crippen molar-refractivity contribution in [3.63, 3.8) is 0 Å². The number of piperazine rings is 1. The second-order valence-corrected chi connectivity index (χ2v) is 6.45. The van der Waals surface area contributed by atoms with Gasteiger partial charge in [0.25, 0.3) is 0 Å². The van der Waals surface area contributed by atoms with E-state index in [1.165, 1.54) is 45.3 Å². The van der Waals surface area contributed by atoms with E-state index < -0.39 is 0 Å². The Bertz CT molecular complexity index is 256. The van der Waals surface area contributed by atoms with Crippen LogP contribution in [0, 0.1) is 0 Å². The van der Waals surface area contributed by atoms with E-state index in [4.69, 9.17) is 0 Å². The Morgan fingerprint density at radius 3 is 2.67 bits per heavy atom. The van der Waals surface area contributed by atoms with Crippen molar-refractivity contribution < 1.29 is 0 Å². The molecule has 3 heteroatoms. The first-order chi connectivity index (χ1) is 8.61. The summed E-state index contributed by atoms with van der Waals surface area (Å²) in [5, 5.41) is 3.71. The van der Waals surface area contributed by atoms with E-state index in [0.717, 1.165) is 18.1 Å². The molecule has 0 aliphatic carbocycles. The molecule has 3 nitrogen and oxygen atoms in total. The maximum atomic E-state index is 3.71. The minimum absolute atomic E-state index is 0.707. The second kappa shape index (κ2) is 6.36. The molecule has 2 aliphatic heterocycles. The van der Waals surface area contributed by atoms with Gasteiger partial charge in [-0.2, -0.15) is 0 Å². The number of hydrogen-bond acceptors (Lipinski definition) is 3. The first-order valence-corrected chi connectivity index (χ1v) is 7.81. The van der Waals surface area contributed by atoms with Crippen molar-refractivity contribution in [2.24, 2.45) is 0 Å². The molecule has 1 N–H and O–H groups in total. The summed E-state index contributed by atoms with van der Waals surface area (Å²) in [5.41, 5.74) is 0. The summed E-state index contributed by atoms with van der Waals surface area (Å²) in [5.74, 6) is 0.